The predicted molar refractivity (Wildman–Crippen MR) is 81.4 cm³/mol. The molecule has 0 spiro atoms. The standard InChI is InChI=1S/C16H24N4/c1-12(2)15(14-8-6-5-7-9-14)10-17-13(3)16-19-18-11-20(16)4/h5-9,11-13,15,17H,10H2,1-4H3. The van der Waals surface area contributed by atoms with Crippen LogP contribution in [0.2, 0.25) is 0 Å². The maximum absolute atomic E-state index is 4.16. The van der Waals surface area contributed by atoms with E-state index in [1.54, 1.807) is 6.33 Å². The number of rotatable bonds is 6. The first-order valence-corrected chi connectivity index (χ1v) is 7.21. The van der Waals surface area contributed by atoms with Gasteiger partial charge in [-0.15, -0.1) is 10.2 Å². The Morgan fingerprint density at radius 2 is 1.85 bits per heavy atom. The third-order valence-corrected chi connectivity index (χ3v) is 3.81. The van der Waals surface area contributed by atoms with E-state index in [4.69, 9.17) is 0 Å². The Balaban J connectivity index is 2.02. The zero-order valence-corrected chi connectivity index (χ0v) is 12.7. The highest BCUT2D eigenvalue weighted by molar-refractivity contribution is 5.20. The van der Waals surface area contributed by atoms with E-state index in [9.17, 15) is 0 Å². The molecule has 2 unspecified atom stereocenters. The summed E-state index contributed by atoms with van der Waals surface area (Å²) in [5, 5.41) is 11.7. The van der Waals surface area contributed by atoms with Gasteiger partial charge in [0.1, 0.15) is 12.2 Å². The monoisotopic (exact) mass is 272 g/mol. The molecule has 0 radical (unpaired) electrons. The second-order valence-corrected chi connectivity index (χ2v) is 5.69. The van der Waals surface area contributed by atoms with Crippen LogP contribution >= 0.6 is 0 Å². The van der Waals surface area contributed by atoms with Gasteiger partial charge in [-0.1, -0.05) is 44.2 Å². The summed E-state index contributed by atoms with van der Waals surface area (Å²) in [7, 11) is 1.98. The number of aromatic nitrogens is 3. The SMILES string of the molecule is CC(NCC(c1ccccc1)C(C)C)c1nncn1C. The molecule has 0 aliphatic rings. The highest BCUT2D eigenvalue weighted by atomic mass is 15.3. The molecule has 0 fully saturated rings. The molecule has 20 heavy (non-hydrogen) atoms. The van der Waals surface area contributed by atoms with Gasteiger partial charge in [0, 0.05) is 13.6 Å². The molecule has 0 aliphatic heterocycles. The van der Waals surface area contributed by atoms with Crippen LogP contribution in [0.15, 0.2) is 36.7 Å². The van der Waals surface area contributed by atoms with Crippen molar-refractivity contribution in [3.8, 4) is 0 Å². The van der Waals surface area contributed by atoms with Crippen molar-refractivity contribution >= 4 is 0 Å². The van der Waals surface area contributed by atoms with Gasteiger partial charge in [-0.2, -0.15) is 0 Å². The van der Waals surface area contributed by atoms with Crippen LogP contribution in [-0.4, -0.2) is 21.3 Å². The van der Waals surface area contributed by atoms with Crippen molar-refractivity contribution in [2.45, 2.75) is 32.7 Å². The normalized spacial score (nSPS) is 14.4. The molecule has 0 aliphatic carbocycles. The molecule has 4 nitrogen and oxygen atoms in total. The Bertz CT molecular complexity index is 518. The van der Waals surface area contributed by atoms with Gasteiger partial charge in [0.25, 0.3) is 0 Å². The van der Waals surface area contributed by atoms with E-state index in [0.717, 1.165) is 12.4 Å². The third-order valence-electron chi connectivity index (χ3n) is 3.81. The molecule has 2 atom stereocenters. The number of nitrogens with one attached hydrogen (secondary N) is 1. The molecule has 0 amide bonds. The van der Waals surface area contributed by atoms with Crippen molar-refractivity contribution in [1.82, 2.24) is 20.1 Å². The fraction of sp³-hybridized carbons (Fsp3) is 0.500. The molecule has 1 N–H and O–H groups in total. The van der Waals surface area contributed by atoms with Crippen LogP contribution in [0.25, 0.3) is 0 Å². The largest absolute Gasteiger partial charge is 0.319 e. The molecule has 1 aromatic heterocycles. The predicted octanol–water partition coefficient (Wildman–Crippen LogP) is 2.91. The molecule has 0 bridgehead atoms. The average molecular weight is 272 g/mol. The van der Waals surface area contributed by atoms with Gasteiger partial charge < -0.3 is 9.88 Å². The van der Waals surface area contributed by atoms with Crippen molar-refractivity contribution in [2.24, 2.45) is 13.0 Å². The summed E-state index contributed by atoms with van der Waals surface area (Å²) in [5.74, 6) is 2.07. The minimum atomic E-state index is 0.201. The molecular weight excluding hydrogens is 248 g/mol. The van der Waals surface area contributed by atoms with Crippen LogP contribution in [0, 0.1) is 5.92 Å². The lowest BCUT2D eigenvalue weighted by atomic mass is 9.88. The summed E-state index contributed by atoms with van der Waals surface area (Å²) in [6.07, 6.45) is 1.74. The highest BCUT2D eigenvalue weighted by Crippen LogP contribution is 2.24. The highest BCUT2D eigenvalue weighted by Gasteiger charge is 2.18. The molecule has 0 saturated heterocycles. The van der Waals surface area contributed by atoms with E-state index in [1.807, 2.05) is 11.6 Å². The summed E-state index contributed by atoms with van der Waals surface area (Å²) < 4.78 is 1.96. The second kappa shape index (κ2) is 6.66. The van der Waals surface area contributed by atoms with Crippen LogP contribution < -0.4 is 5.32 Å². The summed E-state index contributed by atoms with van der Waals surface area (Å²) >= 11 is 0. The van der Waals surface area contributed by atoms with Crippen molar-refractivity contribution < 1.29 is 0 Å². The smallest absolute Gasteiger partial charge is 0.149 e. The topological polar surface area (TPSA) is 42.7 Å². The fourth-order valence-corrected chi connectivity index (χ4v) is 2.52. The van der Waals surface area contributed by atoms with Gasteiger partial charge in [0.15, 0.2) is 0 Å². The lowest BCUT2D eigenvalue weighted by Crippen LogP contribution is -2.28. The number of nitrogens with zero attached hydrogens (tertiary/aromatic N) is 3. The molecule has 108 valence electrons. The van der Waals surface area contributed by atoms with Gasteiger partial charge in [-0.3, -0.25) is 0 Å². The van der Waals surface area contributed by atoms with E-state index in [1.165, 1.54) is 5.56 Å². The quantitative estimate of drug-likeness (QED) is 0.879. The summed E-state index contributed by atoms with van der Waals surface area (Å²) in [6.45, 7) is 7.61. The van der Waals surface area contributed by atoms with Gasteiger partial charge >= 0.3 is 0 Å². The molecule has 2 aromatic rings. The number of hydrogen-bond acceptors (Lipinski definition) is 3. The lowest BCUT2D eigenvalue weighted by Gasteiger charge is -2.24. The molecule has 4 heteroatoms. The van der Waals surface area contributed by atoms with E-state index in [0.29, 0.717) is 11.8 Å². The minimum absolute atomic E-state index is 0.201. The zero-order valence-electron chi connectivity index (χ0n) is 12.7. The van der Waals surface area contributed by atoms with Crippen LogP contribution in [0.4, 0.5) is 0 Å². The summed E-state index contributed by atoms with van der Waals surface area (Å²) in [5.41, 5.74) is 1.39. The molecule has 1 aromatic carbocycles. The maximum Gasteiger partial charge on any atom is 0.149 e. The Labute approximate surface area is 121 Å². The summed E-state index contributed by atoms with van der Waals surface area (Å²) in [6, 6.07) is 10.9. The van der Waals surface area contributed by atoms with Crippen LogP contribution in [0.1, 0.15) is 44.1 Å². The Morgan fingerprint density at radius 3 is 2.40 bits per heavy atom. The Morgan fingerprint density at radius 1 is 1.15 bits per heavy atom. The van der Waals surface area contributed by atoms with Crippen LogP contribution in [0.3, 0.4) is 0 Å². The van der Waals surface area contributed by atoms with Crippen molar-refractivity contribution in [3.63, 3.8) is 0 Å². The Kier molecular flexibility index (Phi) is 4.90. The molecule has 2 rings (SSSR count). The van der Waals surface area contributed by atoms with Gasteiger partial charge in [0.05, 0.1) is 6.04 Å². The van der Waals surface area contributed by atoms with Crippen LogP contribution in [0.5, 0.6) is 0 Å². The molecular formula is C16H24N4. The summed E-state index contributed by atoms with van der Waals surface area (Å²) in [4.78, 5) is 0. The first kappa shape index (κ1) is 14.7. The van der Waals surface area contributed by atoms with E-state index >= 15 is 0 Å². The van der Waals surface area contributed by atoms with Crippen molar-refractivity contribution in [1.29, 1.82) is 0 Å². The first-order valence-electron chi connectivity index (χ1n) is 7.21. The maximum atomic E-state index is 4.16. The third kappa shape index (κ3) is 3.45. The molecule has 0 saturated carbocycles. The van der Waals surface area contributed by atoms with Crippen LogP contribution in [-0.2, 0) is 7.05 Å². The van der Waals surface area contributed by atoms with E-state index < -0.39 is 0 Å². The number of aryl methyl sites for hydroxylation is 1. The van der Waals surface area contributed by atoms with Crippen molar-refractivity contribution in [3.05, 3.63) is 48.0 Å². The minimum Gasteiger partial charge on any atom is -0.319 e. The lowest BCUT2D eigenvalue weighted by molar-refractivity contribution is 0.425. The Hall–Kier alpha value is -1.68. The zero-order chi connectivity index (χ0) is 14.5. The van der Waals surface area contributed by atoms with Gasteiger partial charge in [-0.25, -0.2) is 0 Å². The fourth-order valence-electron chi connectivity index (χ4n) is 2.52. The molecule has 1 heterocycles. The van der Waals surface area contributed by atoms with Crippen molar-refractivity contribution in [2.75, 3.05) is 6.54 Å². The van der Waals surface area contributed by atoms with E-state index in [2.05, 4.69) is 66.6 Å². The van der Waals surface area contributed by atoms with Gasteiger partial charge in [-0.05, 0) is 24.3 Å². The number of benzene rings is 1. The number of hydrogen-bond donors (Lipinski definition) is 1. The van der Waals surface area contributed by atoms with E-state index in [-0.39, 0.29) is 6.04 Å². The second-order valence-electron chi connectivity index (χ2n) is 5.69. The first-order chi connectivity index (χ1) is 9.59. The van der Waals surface area contributed by atoms with Gasteiger partial charge in [0.2, 0.25) is 0 Å². The average Bonchev–Trinajstić information content (AvgIpc) is 2.86.